The van der Waals surface area contributed by atoms with Gasteiger partial charge in [-0.2, -0.15) is 0 Å². The first kappa shape index (κ1) is 12.2. The molecule has 1 atom stereocenters. The van der Waals surface area contributed by atoms with Crippen molar-refractivity contribution in [2.24, 2.45) is 0 Å². The van der Waals surface area contributed by atoms with E-state index in [1.165, 1.54) is 5.56 Å². The Bertz CT molecular complexity index is 321. The minimum atomic E-state index is 0.0807. The molecule has 0 spiro atoms. The molecule has 0 bridgehead atoms. The van der Waals surface area contributed by atoms with Crippen molar-refractivity contribution in [3.8, 4) is 0 Å². The molecule has 3 heteroatoms. The Labute approximate surface area is 99.2 Å². The molecule has 1 rings (SSSR count). The van der Waals surface area contributed by atoms with E-state index in [9.17, 15) is 4.79 Å². The van der Waals surface area contributed by atoms with Crippen molar-refractivity contribution in [1.82, 2.24) is 5.32 Å². The number of aryl methyl sites for hydroxylation is 1. The molecule has 15 heavy (non-hydrogen) atoms. The molecule has 0 fully saturated rings. The van der Waals surface area contributed by atoms with Crippen molar-refractivity contribution < 1.29 is 4.79 Å². The number of benzene rings is 1. The highest BCUT2D eigenvalue weighted by molar-refractivity contribution is 9.09. The molecular formula is C12H16BrNO. The second-order valence-corrected chi connectivity index (χ2v) is 4.43. The van der Waals surface area contributed by atoms with E-state index < -0.39 is 0 Å². The summed E-state index contributed by atoms with van der Waals surface area (Å²) in [6, 6.07) is 8.30. The molecule has 0 aliphatic heterocycles. The fourth-order valence-electron chi connectivity index (χ4n) is 1.34. The molecule has 1 aromatic rings. The zero-order valence-electron chi connectivity index (χ0n) is 9.09. The van der Waals surface area contributed by atoms with E-state index in [-0.39, 0.29) is 11.9 Å². The summed E-state index contributed by atoms with van der Waals surface area (Å²) in [6.45, 7) is 4.05. The van der Waals surface area contributed by atoms with Crippen molar-refractivity contribution in [3.63, 3.8) is 0 Å². The van der Waals surface area contributed by atoms with E-state index in [0.717, 1.165) is 5.56 Å². The van der Waals surface area contributed by atoms with Gasteiger partial charge in [0.05, 0.1) is 6.04 Å². The standard InChI is InChI=1S/C12H16BrNO/c1-9-3-5-11(6-4-9)10(2)14-12(15)7-8-13/h3-6,10H,7-8H2,1-2H3,(H,14,15)/t10-/m1/s1. The zero-order valence-corrected chi connectivity index (χ0v) is 10.7. The van der Waals surface area contributed by atoms with Crippen LogP contribution in [0.5, 0.6) is 0 Å². The van der Waals surface area contributed by atoms with Crippen molar-refractivity contribution >= 4 is 21.8 Å². The van der Waals surface area contributed by atoms with Crippen molar-refractivity contribution in [2.45, 2.75) is 26.3 Å². The van der Waals surface area contributed by atoms with E-state index in [1.54, 1.807) is 0 Å². The lowest BCUT2D eigenvalue weighted by molar-refractivity contribution is -0.121. The predicted octanol–water partition coefficient (Wildman–Crippen LogP) is 2.96. The topological polar surface area (TPSA) is 29.1 Å². The van der Waals surface area contributed by atoms with Gasteiger partial charge in [-0.05, 0) is 19.4 Å². The average Bonchev–Trinajstić information content (AvgIpc) is 2.18. The van der Waals surface area contributed by atoms with Gasteiger partial charge >= 0.3 is 0 Å². The highest BCUT2D eigenvalue weighted by Crippen LogP contribution is 2.13. The van der Waals surface area contributed by atoms with Crippen LogP contribution in [-0.2, 0) is 4.79 Å². The van der Waals surface area contributed by atoms with Crippen molar-refractivity contribution in [1.29, 1.82) is 0 Å². The van der Waals surface area contributed by atoms with Crippen LogP contribution < -0.4 is 5.32 Å². The molecule has 82 valence electrons. The van der Waals surface area contributed by atoms with Crippen LogP contribution >= 0.6 is 15.9 Å². The molecular weight excluding hydrogens is 254 g/mol. The molecule has 0 aliphatic carbocycles. The van der Waals surface area contributed by atoms with E-state index in [2.05, 4.69) is 52.4 Å². The molecule has 2 nitrogen and oxygen atoms in total. The molecule has 1 N–H and O–H groups in total. The summed E-state index contributed by atoms with van der Waals surface area (Å²) in [7, 11) is 0. The first-order chi connectivity index (χ1) is 7.13. The smallest absolute Gasteiger partial charge is 0.221 e. The number of nitrogens with one attached hydrogen (secondary N) is 1. The Morgan fingerprint density at radius 3 is 2.53 bits per heavy atom. The third-order valence-corrected chi connectivity index (χ3v) is 2.67. The highest BCUT2D eigenvalue weighted by Gasteiger charge is 2.08. The molecule has 0 unspecified atom stereocenters. The van der Waals surface area contributed by atoms with Crippen LogP contribution in [0.25, 0.3) is 0 Å². The Kier molecular flexibility index (Phi) is 4.82. The first-order valence-corrected chi connectivity index (χ1v) is 6.17. The Hall–Kier alpha value is -0.830. The third kappa shape index (κ3) is 4.04. The summed E-state index contributed by atoms with van der Waals surface area (Å²) in [6.07, 6.45) is 0.524. The number of rotatable bonds is 4. The number of halogens is 1. The molecule has 0 aromatic heterocycles. The van der Waals surface area contributed by atoms with Gasteiger partial charge in [0.1, 0.15) is 0 Å². The Morgan fingerprint density at radius 1 is 1.40 bits per heavy atom. The minimum absolute atomic E-state index is 0.0807. The maximum Gasteiger partial charge on any atom is 0.221 e. The van der Waals surface area contributed by atoms with Gasteiger partial charge in [0, 0.05) is 11.8 Å². The van der Waals surface area contributed by atoms with E-state index in [1.807, 2.05) is 6.92 Å². The number of carbonyl (C=O) groups excluding carboxylic acids is 1. The fourth-order valence-corrected chi connectivity index (χ4v) is 1.70. The van der Waals surface area contributed by atoms with Crippen LogP contribution in [-0.4, -0.2) is 11.2 Å². The van der Waals surface area contributed by atoms with Crippen LogP contribution in [0.1, 0.15) is 30.5 Å². The monoisotopic (exact) mass is 269 g/mol. The number of hydrogen-bond donors (Lipinski definition) is 1. The fraction of sp³-hybridized carbons (Fsp3) is 0.417. The SMILES string of the molecule is Cc1ccc([C@@H](C)NC(=O)CCBr)cc1. The summed E-state index contributed by atoms with van der Waals surface area (Å²) in [4.78, 5) is 11.4. The van der Waals surface area contributed by atoms with Crippen molar-refractivity contribution in [2.75, 3.05) is 5.33 Å². The molecule has 0 radical (unpaired) electrons. The number of amides is 1. The molecule has 0 heterocycles. The Morgan fingerprint density at radius 2 is 2.00 bits per heavy atom. The summed E-state index contributed by atoms with van der Waals surface area (Å²) in [5.41, 5.74) is 2.38. The van der Waals surface area contributed by atoms with Gasteiger partial charge in [0.25, 0.3) is 0 Å². The lowest BCUT2D eigenvalue weighted by Gasteiger charge is -2.14. The van der Waals surface area contributed by atoms with Crippen LogP contribution in [0.3, 0.4) is 0 Å². The third-order valence-electron chi connectivity index (χ3n) is 2.28. The van der Waals surface area contributed by atoms with Crippen LogP contribution in [0.2, 0.25) is 0 Å². The van der Waals surface area contributed by atoms with Gasteiger partial charge in [-0.1, -0.05) is 45.8 Å². The lowest BCUT2D eigenvalue weighted by Crippen LogP contribution is -2.26. The summed E-state index contributed by atoms with van der Waals surface area (Å²) >= 11 is 3.24. The summed E-state index contributed by atoms with van der Waals surface area (Å²) in [5, 5.41) is 3.66. The quantitative estimate of drug-likeness (QED) is 0.837. The van der Waals surface area contributed by atoms with Crippen LogP contribution in [0.15, 0.2) is 24.3 Å². The van der Waals surface area contributed by atoms with E-state index in [4.69, 9.17) is 0 Å². The molecule has 0 aliphatic rings. The van der Waals surface area contributed by atoms with Crippen LogP contribution in [0, 0.1) is 6.92 Å². The maximum absolute atomic E-state index is 11.4. The minimum Gasteiger partial charge on any atom is -0.350 e. The number of alkyl halides is 1. The van der Waals surface area contributed by atoms with Gasteiger partial charge in [-0.25, -0.2) is 0 Å². The number of carbonyl (C=O) groups is 1. The molecule has 0 saturated heterocycles. The van der Waals surface area contributed by atoms with E-state index in [0.29, 0.717) is 11.8 Å². The van der Waals surface area contributed by atoms with Gasteiger partial charge in [-0.15, -0.1) is 0 Å². The largest absolute Gasteiger partial charge is 0.350 e. The van der Waals surface area contributed by atoms with E-state index >= 15 is 0 Å². The summed E-state index contributed by atoms with van der Waals surface area (Å²) < 4.78 is 0. The second kappa shape index (κ2) is 5.91. The van der Waals surface area contributed by atoms with Gasteiger partial charge in [0.15, 0.2) is 0 Å². The average molecular weight is 270 g/mol. The number of hydrogen-bond acceptors (Lipinski definition) is 1. The van der Waals surface area contributed by atoms with Gasteiger partial charge in [-0.3, -0.25) is 4.79 Å². The zero-order chi connectivity index (χ0) is 11.3. The maximum atomic E-state index is 11.4. The van der Waals surface area contributed by atoms with Gasteiger partial charge < -0.3 is 5.32 Å². The second-order valence-electron chi connectivity index (χ2n) is 3.64. The highest BCUT2D eigenvalue weighted by atomic mass is 79.9. The molecule has 0 saturated carbocycles. The normalized spacial score (nSPS) is 12.2. The lowest BCUT2D eigenvalue weighted by atomic mass is 10.1. The molecule has 1 aromatic carbocycles. The van der Waals surface area contributed by atoms with Crippen LogP contribution in [0.4, 0.5) is 0 Å². The van der Waals surface area contributed by atoms with Crippen molar-refractivity contribution in [3.05, 3.63) is 35.4 Å². The molecule has 1 amide bonds. The summed E-state index contributed by atoms with van der Waals surface area (Å²) in [5.74, 6) is 0.0833. The Balaban J connectivity index is 2.57. The predicted molar refractivity (Wildman–Crippen MR) is 66.1 cm³/mol. The first-order valence-electron chi connectivity index (χ1n) is 5.05. The van der Waals surface area contributed by atoms with Gasteiger partial charge in [0.2, 0.25) is 5.91 Å².